The molecule has 0 spiro atoms. The van der Waals surface area contributed by atoms with Crippen molar-refractivity contribution in [3.05, 3.63) is 73.2 Å². The quantitative estimate of drug-likeness (QED) is 0.529. The summed E-state index contributed by atoms with van der Waals surface area (Å²) < 4.78 is 7.19. The van der Waals surface area contributed by atoms with Gasteiger partial charge >= 0.3 is 0 Å². The third kappa shape index (κ3) is 3.83. The molecular formula is C19H19N7O2. The lowest BCUT2D eigenvalue weighted by atomic mass is 10.1. The molecule has 9 nitrogen and oxygen atoms in total. The van der Waals surface area contributed by atoms with Crippen LogP contribution in [0.4, 0.5) is 0 Å². The van der Waals surface area contributed by atoms with Crippen LogP contribution < -0.4 is 0 Å². The van der Waals surface area contributed by atoms with Gasteiger partial charge in [0.2, 0.25) is 17.6 Å². The van der Waals surface area contributed by atoms with Gasteiger partial charge in [0.05, 0.1) is 12.9 Å². The zero-order valence-corrected chi connectivity index (χ0v) is 15.3. The lowest BCUT2D eigenvalue weighted by Gasteiger charge is -2.23. The fourth-order valence-electron chi connectivity index (χ4n) is 2.95. The van der Waals surface area contributed by atoms with E-state index < -0.39 is 6.04 Å². The Bertz CT molecular complexity index is 1010. The van der Waals surface area contributed by atoms with Crippen LogP contribution in [-0.2, 0) is 17.8 Å². The summed E-state index contributed by atoms with van der Waals surface area (Å²) in [5.74, 6) is 0.748. The molecule has 4 heterocycles. The normalized spacial score (nSPS) is 12.0. The van der Waals surface area contributed by atoms with Crippen molar-refractivity contribution >= 4 is 5.91 Å². The van der Waals surface area contributed by atoms with E-state index in [1.165, 1.54) is 0 Å². The molecule has 4 rings (SSSR count). The number of carbonyl (C=O) groups excluding carboxylic acids is 1. The molecule has 0 fully saturated rings. The van der Waals surface area contributed by atoms with Crippen molar-refractivity contribution in [3.63, 3.8) is 0 Å². The van der Waals surface area contributed by atoms with Gasteiger partial charge in [-0.1, -0.05) is 5.16 Å². The molecule has 0 saturated carbocycles. The predicted molar refractivity (Wildman–Crippen MR) is 99.8 cm³/mol. The zero-order chi connectivity index (χ0) is 19.3. The van der Waals surface area contributed by atoms with Crippen LogP contribution in [0.25, 0.3) is 11.4 Å². The molecule has 0 radical (unpaired) electrons. The van der Waals surface area contributed by atoms with Crippen molar-refractivity contribution in [1.82, 2.24) is 34.6 Å². The topological polar surface area (TPSA) is 106 Å². The molecule has 0 aromatic carbocycles. The molecule has 28 heavy (non-hydrogen) atoms. The van der Waals surface area contributed by atoms with Gasteiger partial charge in [-0.2, -0.15) is 4.98 Å². The van der Waals surface area contributed by atoms with E-state index in [4.69, 9.17) is 4.52 Å². The van der Waals surface area contributed by atoms with Gasteiger partial charge < -0.3 is 19.0 Å². The Morgan fingerprint density at radius 3 is 2.82 bits per heavy atom. The van der Waals surface area contributed by atoms with Crippen molar-refractivity contribution < 1.29 is 9.32 Å². The number of carbonyl (C=O) groups is 1. The summed E-state index contributed by atoms with van der Waals surface area (Å²) >= 11 is 0. The van der Waals surface area contributed by atoms with E-state index in [0.717, 1.165) is 11.3 Å². The molecule has 0 aliphatic carbocycles. The van der Waals surface area contributed by atoms with Crippen molar-refractivity contribution in [2.45, 2.75) is 19.0 Å². The number of aromatic amines is 1. The summed E-state index contributed by atoms with van der Waals surface area (Å²) in [5, 5.41) is 3.97. The van der Waals surface area contributed by atoms with Gasteiger partial charge in [0.15, 0.2) is 0 Å². The van der Waals surface area contributed by atoms with E-state index >= 15 is 0 Å². The Kier molecular flexibility index (Phi) is 4.96. The first-order valence-electron chi connectivity index (χ1n) is 8.78. The number of aromatic nitrogens is 6. The van der Waals surface area contributed by atoms with Gasteiger partial charge in [-0.05, 0) is 24.3 Å². The van der Waals surface area contributed by atoms with Gasteiger partial charge in [0.25, 0.3) is 0 Å². The van der Waals surface area contributed by atoms with E-state index in [1.807, 2.05) is 35.2 Å². The number of nitrogens with zero attached hydrogens (tertiary/aromatic N) is 6. The van der Waals surface area contributed by atoms with E-state index in [1.54, 1.807) is 42.9 Å². The molecule has 1 atom stereocenters. The minimum atomic E-state index is -0.402. The second-order valence-corrected chi connectivity index (χ2v) is 6.37. The van der Waals surface area contributed by atoms with Gasteiger partial charge in [-0.15, -0.1) is 0 Å². The Labute approximate surface area is 161 Å². The molecule has 142 valence electrons. The number of imidazole rings is 1. The number of hydrogen-bond acceptors (Lipinski definition) is 6. The second-order valence-electron chi connectivity index (χ2n) is 6.37. The van der Waals surface area contributed by atoms with Gasteiger partial charge in [0, 0.05) is 55.7 Å². The second kappa shape index (κ2) is 7.87. The van der Waals surface area contributed by atoms with E-state index in [9.17, 15) is 4.79 Å². The smallest absolute Gasteiger partial charge is 0.246 e. The molecule has 1 N–H and O–H groups in total. The first-order chi connectivity index (χ1) is 13.7. The van der Waals surface area contributed by atoms with Crippen LogP contribution >= 0.6 is 0 Å². The summed E-state index contributed by atoms with van der Waals surface area (Å²) in [4.78, 5) is 30.2. The Balaban J connectivity index is 1.49. The fraction of sp³-hybridized carbons (Fsp3) is 0.211. The third-order valence-corrected chi connectivity index (χ3v) is 4.38. The standard InChI is InChI=1S/C19H19N7O2/c1-25(12-17-23-18(24-28-17)14-5-4-6-20-10-14)19(27)16(26-7-2-3-8-26)9-15-11-21-13-22-15/h2-8,10-11,13,16H,9,12H2,1H3,(H,21,22). The molecule has 4 aromatic heterocycles. The van der Waals surface area contributed by atoms with Crippen LogP contribution in [0.1, 0.15) is 17.6 Å². The van der Waals surface area contributed by atoms with Crippen LogP contribution in [0.15, 0.2) is 66.1 Å². The zero-order valence-electron chi connectivity index (χ0n) is 15.3. The van der Waals surface area contributed by atoms with Crippen molar-refractivity contribution in [3.8, 4) is 11.4 Å². The molecule has 0 aliphatic rings. The van der Waals surface area contributed by atoms with Gasteiger partial charge in [0.1, 0.15) is 6.04 Å². The Hall–Kier alpha value is -3.75. The SMILES string of the molecule is CN(Cc1nc(-c2cccnc2)no1)C(=O)C(Cc1cnc[nH]1)n1cccc1. The van der Waals surface area contributed by atoms with Crippen molar-refractivity contribution in [2.24, 2.45) is 0 Å². The highest BCUT2D eigenvalue weighted by molar-refractivity contribution is 5.80. The molecule has 1 amide bonds. The molecule has 0 saturated heterocycles. The van der Waals surface area contributed by atoms with Crippen LogP contribution in [0.3, 0.4) is 0 Å². The lowest BCUT2D eigenvalue weighted by molar-refractivity contribution is -0.134. The molecule has 1 unspecified atom stereocenters. The average Bonchev–Trinajstić information content (AvgIpc) is 3.48. The first kappa shape index (κ1) is 17.7. The minimum Gasteiger partial charge on any atom is -0.348 e. The molecule has 9 heteroatoms. The number of pyridine rings is 1. The predicted octanol–water partition coefficient (Wildman–Crippen LogP) is 2.10. The lowest BCUT2D eigenvalue weighted by Crippen LogP contribution is -2.35. The summed E-state index contributed by atoms with van der Waals surface area (Å²) in [7, 11) is 1.72. The minimum absolute atomic E-state index is 0.0630. The van der Waals surface area contributed by atoms with E-state index in [2.05, 4.69) is 25.1 Å². The molecule has 0 bridgehead atoms. The van der Waals surface area contributed by atoms with E-state index in [0.29, 0.717) is 18.1 Å². The summed E-state index contributed by atoms with van der Waals surface area (Å²) in [5.41, 5.74) is 1.65. The number of likely N-dealkylation sites (N-methyl/N-ethyl adjacent to an activating group) is 1. The molecule has 0 aliphatic heterocycles. The summed E-state index contributed by atoms with van der Waals surface area (Å²) in [6.45, 7) is 0.215. The average molecular weight is 377 g/mol. The Morgan fingerprint density at radius 1 is 1.25 bits per heavy atom. The maximum atomic E-state index is 13.1. The van der Waals surface area contributed by atoms with Crippen molar-refractivity contribution in [1.29, 1.82) is 0 Å². The Morgan fingerprint density at radius 2 is 2.11 bits per heavy atom. The number of amides is 1. The molecular weight excluding hydrogens is 358 g/mol. The van der Waals surface area contributed by atoms with E-state index in [-0.39, 0.29) is 12.5 Å². The highest BCUT2D eigenvalue weighted by atomic mass is 16.5. The highest BCUT2D eigenvalue weighted by Crippen LogP contribution is 2.18. The fourth-order valence-corrected chi connectivity index (χ4v) is 2.95. The first-order valence-corrected chi connectivity index (χ1v) is 8.78. The molecule has 4 aromatic rings. The van der Waals surface area contributed by atoms with Crippen LogP contribution in [0, 0.1) is 0 Å². The number of rotatable bonds is 7. The largest absolute Gasteiger partial charge is 0.348 e. The highest BCUT2D eigenvalue weighted by Gasteiger charge is 2.25. The summed E-state index contributed by atoms with van der Waals surface area (Å²) in [6.07, 6.45) is 10.9. The number of hydrogen-bond donors (Lipinski definition) is 1. The van der Waals surface area contributed by atoms with Crippen molar-refractivity contribution in [2.75, 3.05) is 7.05 Å². The van der Waals surface area contributed by atoms with Gasteiger partial charge in [-0.25, -0.2) is 4.98 Å². The third-order valence-electron chi connectivity index (χ3n) is 4.38. The van der Waals surface area contributed by atoms with Crippen LogP contribution in [0.2, 0.25) is 0 Å². The number of H-pyrrole nitrogens is 1. The number of nitrogens with one attached hydrogen (secondary N) is 1. The maximum absolute atomic E-state index is 13.1. The monoisotopic (exact) mass is 377 g/mol. The summed E-state index contributed by atoms with van der Waals surface area (Å²) in [6, 6.07) is 7.04. The maximum Gasteiger partial charge on any atom is 0.246 e. The van der Waals surface area contributed by atoms with Gasteiger partial charge in [-0.3, -0.25) is 9.78 Å². The van der Waals surface area contributed by atoms with Crippen LogP contribution in [-0.4, -0.2) is 47.5 Å². The van der Waals surface area contributed by atoms with Crippen LogP contribution in [0.5, 0.6) is 0 Å².